The Morgan fingerprint density at radius 3 is 2.94 bits per heavy atom. The van der Waals surface area contributed by atoms with E-state index in [1.165, 1.54) is 0 Å². The second kappa shape index (κ2) is 5.60. The molecule has 1 fully saturated rings. The average Bonchev–Trinajstić information content (AvgIpc) is 2.26. The number of amides is 1. The van der Waals surface area contributed by atoms with E-state index in [-0.39, 0.29) is 5.91 Å². The van der Waals surface area contributed by atoms with Crippen LogP contribution in [0.3, 0.4) is 0 Å². The van der Waals surface area contributed by atoms with Gasteiger partial charge in [0.05, 0.1) is 6.04 Å². The van der Waals surface area contributed by atoms with Gasteiger partial charge in [0.15, 0.2) is 0 Å². The van der Waals surface area contributed by atoms with Gasteiger partial charge in [-0.15, -0.1) is 0 Å². The topological polar surface area (TPSA) is 45.2 Å². The Morgan fingerprint density at radius 1 is 1.65 bits per heavy atom. The molecule has 0 unspecified atom stereocenters. The maximum absolute atomic E-state index is 12.4. The molecule has 0 aliphatic carbocycles. The van der Waals surface area contributed by atoms with Gasteiger partial charge < -0.3 is 10.2 Å². The predicted octanol–water partition coefficient (Wildman–Crippen LogP) is 1.67. The van der Waals surface area contributed by atoms with Crippen molar-refractivity contribution in [3.63, 3.8) is 0 Å². The number of halogens is 1. The van der Waals surface area contributed by atoms with Crippen LogP contribution < -0.4 is 5.32 Å². The van der Waals surface area contributed by atoms with Crippen LogP contribution in [0.2, 0.25) is 0 Å². The summed E-state index contributed by atoms with van der Waals surface area (Å²) in [5.74, 6) is 0.0193. The number of hydrogen-bond donors (Lipinski definition) is 1. The van der Waals surface area contributed by atoms with Gasteiger partial charge in [-0.3, -0.25) is 4.79 Å². The van der Waals surface area contributed by atoms with E-state index in [1.54, 1.807) is 6.20 Å². The van der Waals surface area contributed by atoms with Gasteiger partial charge in [0.1, 0.15) is 5.69 Å². The normalized spacial score (nSPS) is 15.4. The van der Waals surface area contributed by atoms with Gasteiger partial charge in [-0.2, -0.15) is 0 Å². The van der Waals surface area contributed by atoms with Gasteiger partial charge in [-0.25, -0.2) is 4.98 Å². The van der Waals surface area contributed by atoms with Crippen molar-refractivity contribution in [2.24, 2.45) is 0 Å². The molecule has 1 saturated heterocycles. The minimum Gasteiger partial charge on any atom is -0.332 e. The van der Waals surface area contributed by atoms with E-state index >= 15 is 0 Å². The predicted molar refractivity (Wildman–Crippen MR) is 69.9 cm³/mol. The Balaban J connectivity index is 2.18. The highest BCUT2D eigenvalue weighted by Gasteiger charge is 2.29. The molecule has 4 nitrogen and oxygen atoms in total. The van der Waals surface area contributed by atoms with Crippen LogP contribution in [0.1, 0.15) is 23.8 Å². The summed E-state index contributed by atoms with van der Waals surface area (Å²) in [5.41, 5.74) is 0.507. The van der Waals surface area contributed by atoms with Gasteiger partial charge >= 0.3 is 0 Å². The number of nitrogens with one attached hydrogen (secondary N) is 1. The molecular formula is C12H16BrN3O. The molecule has 0 spiro atoms. The average molecular weight is 298 g/mol. The van der Waals surface area contributed by atoms with Gasteiger partial charge in [0.2, 0.25) is 0 Å². The molecule has 1 aromatic heterocycles. The van der Waals surface area contributed by atoms with Crippen molar-refractivity contribution in [1.29, 1.82) is 0 Å². The van der Waals surface area contributed by atoms with Crippen LogP contribution in [0.15, 0.2) is 22.8 Å². The van der Waals surface area contributed by atoms with E-state index in [2.05, 4.69) is 33.2 Å². The minimum absolute atomic E-state index is 0.0193. The number of pyridine rings is 1. The monoisotopic (exact) mass is 297 g/mol. The van der Waals surface area contributed by atoms with Gasteiger partial charge in [-0.05, 0) is 34.5 Å². The zero-order valence-corrected chi connectivity index (χ0v) is 11.4. The molecule has 1 aliphatic rings. The van der Waals surface area contributed by atoms with E-state index < -0.39 is 0 Å². The zero-order chi connectivity index (χ0) is 12.3. The lowest BCUT2D eigenvalue weighted by Crippen LogP contribution is -2.59. The maximum Gasteiger partial charge on any atom is 0.273 e. The van der Waals surface area contributed by atoms with Crippen molar-refractivity contribution in [2.75, 3.05) is 19.6 Å². The molecule has 1 aliphatic heterocycles. The third-order valence-corrected chi connectivity index (χ3v) is 3.53. The first-order valence-corrected chi connectivity index (χ1v) is 6.65. The lowest BCUT2D eigenvalue weighted by Gasteiger charge is -2.38. The Kier molecular flexibility index (Phi) is 4.12. The molecule has 0 bridgehead atoms. The number of nitrogens with zero attached hydrogens (tertiary/aromatic N) is 2. The van der Waals surface area contributed by atoms with Crippen molar-refractivity contribution in [3.8, 4) is 0 Å². The van der Waals surface area contributed by atoms with E-state index in [9.17, 15) is 4.79 Å². The highest BCUT2D eigenvalue weighted by Crippen LogP contribution is 2.18. The molecule has 1 aromatic rings. The Labute approximate surface area is 110 Å². The molecule has 1 N–H and O–H groups in total. The lowest BCUT2D eigenvalue weighted by molar-refractivity contribution is 0.0608. The third kappa shape index (κ3) is 2.66. The maximum atomic E-state index is 12.4. The number of rotatable bonds is 4. The van der Waals surface area contributed by atoms with Crippen molar-refractivity contribution in [1.82, 2.24) is 15.2 Å². The zero-order valence-electron chi connectivity index (χ0n) is 9.82. The van der Waals surface area contributed by atoms with Crippen LogP contribution in [0.5, 0.6) is 0 Å². The van der Waals surface area contributed by atoms with Crippen LogP contribution >= 0.6 is 15.9 Å². The van der Waals surface area contributed by atoms with Crippen LogP contribution in [-0.2, 0) is 0 Å². The summed E-state index contributed by atoms with van der Waals surface area (Å²) in [6.45, 7) is 4.64. The Hall–Kier alpha value is -0.940. The standard InChI is InChI=1S/C12H16BrN3O/c1-2-6-16(9-7-14-8-9)12(17)11-10(13)4-3-5-15-11/h3-5,9,14H,2,6-8H2,1H3. The highest BCUT2D eigenvalue weighted by atomic mass is 79.9. The Bertz CT molecular complexity index is 406. The second-order valence-electron chi connectivity index (χ2n) is 4.14. The molecule has 17 heavy (non-hydrogen) atoms. The SMILES string of the molecule is CCCN(C(=O)c1ncccc1Br)C1CNC1. The quantitative estimate of drug-likeness (QED) is 0.919. The van der Waals surface area contributed by atoms with Crippen molar-refractivity contribution in [2.45, 2.75) is 19.4 Å². The first-order valence-electron chi connectivity index (χ1n) is 5.86. The fraction of sp³-hybridized carbons (Fsp3) is 0.500. The fourth-order valence-corrected chi connectivity index (χ4v) is 2.29. The summed E-state index contributed by atoms with van der Waals surface area (Å²) in [5, 5.41) is 3.20. The summed E-state index contributed by atoms with van der Waals surface area (Å²) in [4.78, 5) is 18.5. The fourth-order valence-electron chi connectivity index (χ4n) is 1.86. The summed E-state index contributed by atoms with van der Waals surface area (Å²) < 4.78 is 0.762. The lowest BCUT2D eigenvalue weighted by atomic mass is 10.1. The van der Waals surface area contributed by atoms with Crippen molar-refractivity contribution in [3.05, 3.63) is 28.5 Å². The molecule has 0 aromatic carbocycles. The van der Waals surface area contributed by atoms with E-state index in [4.69, 9.17) is 0 Å². The van der Waals surface area contributed by atoms with Crippen molar-refractivity contribution >= 4 is 21.8 Å². The first-order chi connectivity index (χ1) is 8.24. The molecule has 2 heterocycles. The van der Waals surface area contributed by atoms with Crippen LogP contribution in [0.25, 0.3) is 0 Å². The third-order valence-electron chi connectivity index (χ3n) is 2.89. The van der Waals surface area contributed by atoms with E-state index in [1.807, 2.05) is 17.0 Å². The molecule has 92 valence electrons. The number of carbonyl (C=O) groups is 1. The minimum atomic E-state index is 0.0193. The molecule has 2 rings (SSSR count). The summed E-state index contributed by atoms with van der Waals surface area (Å²) in [7, 11) is 0. The van der Waals surface area contributed by atoms with Gasteiger partial charge in [0.25, 0.3) is 5.91 Å². The largest absolute Gasteiger partial charge is 0.332 e. The first kappa shape index (κ1) is 12.5. The van der Waals surface area contributed by atoms with Crippen LogP contribution in [-0.4, -0.2) is 41.5 Å². The summed E-state index contributed by atoms with van der Waals surface area (Å²) >= 11 is 3.38. The smallest absolute Gasteiger partial charge is 0.273 e. The molecule has 5 heteroatoms. The molecule has 0 radical (unpaired) electrons. The Morgan fingerprint density at radius 2 is 2.41 bits per heavy atom. The van der Waals surface area contributed by atoms with E-state index in [0.29, 0.717) is 11.7 Å². The number of carbonyl (C=O) groups excluding carboxylic acids is 1. The molecule has 1 amide bonds. The molecule has 0 saturated carbocycles. The van der Waals surface area contributed by atoms with Crippen molar-refractivity contribution < 1.29 is 4.79 Å². The van der Waals surface area contributed by atoms with Gasteiger partial charge in [-0.1, -0.05) is 6.92 Å². The number of hydrogen-bond acceptors (Lipinski definition) is 3. The number of aromatic nitrogens is 1. The highest BCUT2D eigenvalue weighted by molar-refractivity contribution is 9.10. The molecule has 0 atom stereocenters. The second-order valence-corrected chi connectivity index (χ2v) is 5.00. The summed E-state index contributed by atoms with van der Waals surface area (Å²) in [6, 6.07) is 3.98. The van der Waals surface area contributed by atoms with Crippen LogP contribution in [0, 0.1) is 0 Å². The molecular weight excluding hydrogens is 282 g/mol. The van der Waals surface area contributed by atoms with E-state index in [0.717, 1.165) is 30.5 Å². The van der Waals surface area contributed by atoms with Gasteiger partial charge in [0, 0.05) is 30.3 Å². The van der Waals surface area contributed by atoms with Crippen LogP contribution in [0.4, 0.5) is 0 Å². The summed E-state index contributed by atoms with van der Waals surface area (Å²) in [6.07, 6.45) is 2.62.